The van der Waals surface area contributed by atoms with Crippen molar-refractivity contribution < 1.29 is 14.6 Å². The number of halogens is 1. The van der Waals surface area contributed by atoms with Gasteiger partial charge in [0.2, 0.25) is 0 Å². The van der Waals surface area contributed by atoms with E-state index in [-0.39, 0.29) is 5.75 Å². The first-order valence-corrected chi connectivity index (χ1v) is 5.18. The Morgan fingerprint density at radius 1 is 1.64 bits per heavy atom. The van der Waals surface area contributed by atoms with E-state index in [9.17, 15) is 4.79 Å². The molecule has 1 aromatic rings. The largest absolute Gasteiger partial charge is 0.497 e. The third kappa shape index (κ3) is 3.12. The summed E-state index contributed by atoms with van der Waals surface area (Å²) >= 11 is 7.09. The van der Waals surface area contributed by atoms with Crippen LogP contribution in [0.1, 0.15) is 0 Å². The number of methoxy groups -OCH3 is 1. The summed E-state index contributed by atoms with van der Waals surface area (Å²) in [7, 11) is 1.55. The maximum atomic E-state index is 10.3. The van der Waals surface area contributed by atoms with Gasteiger partial charge < -0.3 is 9.84 Å². The van der Waals surface area contributed by atoms with Crippen molar-refractivity contribution in [2.24, 2.45) is 0 Å². The minimum atomic E-state index is -0.859. The highest BCUT2D eigenvalue weighted by molar-refractivity contribution is 8.00. The first-order valence-electron chi connectivity index (χ1n) is 3.81. The van der Waals surface area contributed by atoms with Gasteiger partial charge in [0.15, 0.2) is 0 Å². The molecule has 0 aliphatic carbocycles. The van der Waals surface area contributed by atoms with Gasteiger partial charge >= 0.3 is 5.97 Å². The molecule has 14 heavy (non-hydrogen) atoms. The number of aliphatic carboxylic acids is 1. The zero-order valence-electron chi connectivity index (χ0n) is 7.49. The van der Waals surface area contributed by atoms with Crippen molar-refractivity contribution >= 4 is 29.3 Å². The summed E-state index contributed by atoms with van der Waals surface area (Å²) in [6.45, 7) is 0. The van der Waals surface area contributed by atoms with Gasteiger partial charge in [-0.05, 0) is 18.2 Å². The first-order chi connectivity index (χ1) is 6.63. The fourth-order valence-electron chi connectivity index (χ4n) is 0.865. The topological polar surface area (TPSA) is 46.5 Å². The number of hydrogen-bond acceptors (Lipinski definition) is 3. The van der Waals surface area contributed by atoms with Crippen LogP contribution >= 0.6 is 23.4 Å². The van der Waals surface area contributed by atoms with E-state index in [1.807, 2.05) is 0 Å². The molecule has 1 N–H and O–H groups in total. The number of carbonyl (C=O) groups is 1. The van der Waals surface area contributed by atoms with Crippen LogP contribution < -0.4 is 4.74 Å². The van der Waals surface area contributed by atoms with Crippen molar-refractivity contribution in [2.75, 3.05) is 12.9 Å². The second-order valence-electron chi connectivity index (χ2n) is 2.48. The van der Waals surface area contributed by atoms with E-state index in [0.717, 1.165) is 4.90 Å². The normalized spacial score (nSPS) is 9.86. The molecule has 0 saturated heterocycles. The van der Waals surface area contributed by atoms with Gasteiger partial charge in [0.1, 0.15) is 5.75 Å². The molecule has 0 spiro atoms. The van der Waals surface area contributed by atoms with E-state index in [1.165, 1.54) is 11.8 Å². The number of thioether (sulfide) groups is 1. The molecule has 0 aliphatic rings. The van der Waals surface area contributed by atoms with Crippen LogP contribution in [0, 0.1) is 0 Å². The average molecular weight is 233 g/mol. The summed E-state index contributed by atoms with van der Waals surface area (Å²) in [6, 6.07) is 5.15. The predicted octanol–water partition coefficient (Wildman–Crippen LogP) is 2.53. The van der Waals surface area contributed by atoms with Gasteiger partial charge in [0.05, 0.1) is 17.9 Å². The van der Waals surface area contributed by atoms with E-state index in [1.54, 1.807) is 25.3 Å². The number of hydrogen-bond donors (Lipinski definition) is 1. The van der Waals surface area contributed by atoms with Crippen LogP contribution in [0.5, 0.6) is 5.75 Å². The van der Waals surface area contributed by atoms with Crippen LogP contribution in [0.2, 0.25) is 5.02 Å². The van der Waals surface area contributed by atoms with Crippen molar-refractivity contribution in [1.29, 1.82) is 0 Å². The minimum absolute atomic E-state index is 0.00600. The summed E-state index contributed by atoms with van der Waals surface area (Å²) in [5, 5.41) is 8.99. The Morgan fingerprint density at radius 3 is 2.86 bits per heavy atom. The maximum Gasteiger partial charge on any atom is 0.313 e. The van der Waals surface area contributed by atoms with Crippen LogP contribution in [0.25, 0.3) is 0 Å². The molecule has 1 aromatic carbocycles. The highest BCUT2D eigenvalue weighted by Crippen LogP contribution is 2.30. The predicted molar refractivity (Wildman–Crippen MR) is 56.4 cm³/mol. The molecule has 0 bridgehead atoms. The molecule has 0 aromatic heterocycles. The van der Waals surface area contributed by atoms with Crippen LogP contribution in [-0.4, -0.2) is 23.9 Å². The summed E-state index contributed by atoms with van der Waals surface area (Å²) in [6.07, 6.45) is 0. The quantitative estimate of drug-likeness (QED) is 0.811. The molecular formula is C9H9ClO3S. The minimum Gasteiger partial charge on any atom is -0.497 e. The standard InChI is InChI=1S/C9H9ClO3S/c1-13-6-2-3-8(7(10)4-6)14-5-9(11)12/h2-4H,5H2,1H3,(H,11,12). The van der Waals surface area contributed by atoms with Crippen molar-refractivity contribution in [3.05, 3.63) is 23.2 Å². The SMILES string of the molecule is COc1ccc(SCC(=O)O)c(Cl)c1. The number of ether oxygens (including phenoxy) is 1. The molecule has 5 heteroatoms. The van der Waals surface area contributed by atoms with Crippen molar-refractivity contribution in [2.45, 2.75) is 4.90 Å². The lowest BCUT2D eigenvalue weighted by Gasteiger charge is -2.04. The van der Waals surface area contributed by atoms with Gasteiger partial charge in [0, 0.05) is 4.90 Å². The van der Waals surface area contributed by atoms with Crippen LogP contribution in [-0.2, 0) is 4.79 Å². The van der Waals surface area contributed by atoms with Crippen molar-refractivity contribution in [3.63, 3.8) is 0 Å². The number of carboxylic acids is 1. The Morgan fingerprint density at radius 2 is 2.36 bits per heavy atom. The molecule has 3 nitrogen and oxygen atoms in total. The lowest BCUT2D eigenvalue weighted by Crippen LogP contribution is -1.97. The molecule has 0 radical (unpaired) electrons. The monoisotopic (exact) mass is 232 g/mol. The molecule has 1 rings (SSSR count). The first kappa shape index (κ1) is 11.2. The van der Waals surface area contributed by atoms with Gasteiger partial charge in [0.25, 0.3) is 0 Å². The van der Waals surface area contributed by atoms with E-state index >= 15 is 0 Å². The fraction of sp³-hybridized carbons (Fsp3) is 0.222. The summed E-state index contributed by atoms with van der Waals surface area (Å²) < 4.78 is 4.97. The number of carboxylic acid groups (broad SMARTS) is 1. The maximum absolute atomic E-state index is 10.3. The summed E-state index contributed by atoms with van der Waals surface area (Å²) in [4.78, 5) is 11.1. The van der Waals surface area contributed by atoms with E-state index in [2.05, 4.69) is 0 Å². The van der Waals surface area contributed by atoms with E-state index in [0.29, 0.717) is 10.8 Å². The van der Waals surface area contributed by atoms with Gasteiger partial charge in [-0.3, -0.25) is 4.79 Å². The fourth-order valence-corrected chi connectivity index (χ4v) is 1.84. The Hall–Kier alpha value is -0.870. The summed E-state index contributed by atoms with van der Waals surface area (Å²) in [5.41, 5.74) is 0. The Labute approximate surface area is 91.0 Å². The smallest absolute Gasteiger partial charge is 0.313 e. The second-order valence-corrected chi connectivity index (χ2v) is 3.90. The third-order valence-electron chi connectivity index (χ3n) is 1.49. The molecule has 0 atom stereocenters. The number of benzene rings is 1. The third-order valence-corrected chi connectivity index (χ3v) is 2.97. The Balaban J connectivity index is 2.73. The molecule has 0 fully saturated rings. The van der Waals surface area contributed by atoms with Crippen LogP contribution in [0.15, 0.2) is 23.1 Å². The van der Waals surface area contributed by atoms with Crippen molar-refractivity contribution in [1.82, 2.24) is 0 Å². The van der Waals surface area contributed by atoms with Gasteiger partial charge in [-0.1, -0.05) is 11.6 Å². The number of rotatable bonds is 4. The zero-order chi connectivity index (χ0) is 10.6. The Kier molecular flexibility index (Phi) is 4.10. The van der Waals surface area contributed by atoms with Crippen LogP contribution in [0.4, 0.5) is 0 Å². The van der Waals surface area contributed by atoms with E-state index in [4.69, 9.17) is 21.4 Å². The van der Waals surface area contributed by atoms with Crippen LogP contribution in [0.3, 0.4) is 0 Å². The van der Waals surface area contributed by atoms with Gasteiger partial charge in [-0.2, -0.15) is 0 Å². The van der Waals surface area contributed by atoms with Gasteiger partial charge in [-0.15, -0.1) is 11.8 Å². The zero-order valence-corrected chi connectivity index (χ0v) is 9.06. The lowest BCUT2D eigenvalue weighted by molar-refractivity contribution is -0.133. The van der Waals surface area contributed by atoms with E-state index < -0.39 is 5.97 Å². The lowest BCUT2D eigenvalue weighted by atomic mass is 10.3. The average Bonchev–Trinajstić information content (AvgIpc) is 2.15. The molecule has 0 heterocycles. The molecule has 0 saturated carbocycles. The second kappa shape index (κ2) is 5.12. The molecule has 0 aliphatic heterocycles. The molecule has 0 amide bonds. The van der Waals surface area contributed by atoms with Gasteiger partial charge in [-0.25, -0.2) is 0 Å². The molecule has 76 valence electrons. The highest BCUT2D eigenvalue weighted by atomic mass is 35.5. The summed E-state index contributed by atoms with van der Waals surface area (Å²) in [5.74, 6) is -0.192. The molecular weight excluding hydrogens is 224 g/mol. The Bertz CT molecular complexity index is 341. The molecule has 0 unspecified atom stereocenters. The van der Waals surface area contributed by atoms with Crippen molar-refractivity contribution in [3.8, 4) is 5.75 Å². The highest BCUT2D eigenvalue weighted by Gasteiger charge is 2.05.